The van der Waals surface area contributed by atoms with E-state index in [0.29, 0.717) is 0 Å². The molecule has 0 nitrogen and oxygen atoms in total. The fourth-order valence-electron chi connectivity index (χ4n) is 4.40. The fraction of sp³-hybridized carbons (Fsp3) is 0. The van der Waals surface area contributed by atoms with E-state index in [9.17, 15) is 0 Å². The molecule has 0 heterocycles. The average molecular weight is 371 g/mol. The highest BCUT2D eigenvalue weighted by molar-refractivity contribution is 6.40. The predicted octanol–water partition coefficient (Wildman–Crippen LogP) is 7.96. The van der Waals surface area contributed by atoms with Crippen molar-refractivity contribution in [2.24, 2.45) is 0 Å². The molecule has 0 aliphatic heterocycles. The number of benzene rings is 4. The lowest BCUT2D eigenvalue weighted by Gasteiger charge is -2.32. The van der Waals surface area contributed by atoms with Gasteiger partial charge in [0.1, 0.15) is 0 Å². The second kappa shape index (κ2) is 5.01. The van der Waals surface area contributed by atoms with Crippen LogP contribution in [-0.4, -0.2) is 0 Å². The van der Waals surface area contributed by atoms with Crippen LogP contribution in [0.1, 0.15) is 0 Å². The summed E-state index contributed by atoms with van der Waals surface area (Å²) in [4.78, 5) is 0. The molecule has 0 amide bonds. The van der Waals surface area contributed by atoms with Crippen LogP contribution in [0.3, 0.4) is 0 Å². The minimum absolute atomic E-state index is 0.748. The second-order valence-corrected chi connectivity index (χ2v) is 7.60. The van der Waals surface area contributed by atoms with Crippen molar-refractivity contribution < 1.29 is 0 Å². The number of hydrogen-bond acceptors (Lipinski definition) is 0. The second-order valence-electron chi connectivity index (χ2n) is 6.78. The van der Waals surface area contributed by atoms with Crippen LogP contribution < -0.4 is 0 Å². The van der Waals surface area contributed by atoms with Gasteiger partial charge in [-0.25, -0.2) is 0 Å². The van der Waals surface area contributed by atoms with E-state index in [1.54, 1.807) is 0 Å². The SMILES string of the molecule is Clc1ccc2c(c1-c1c(Cl)ccc3c1-c1ccccc1-3)-c1ccccc1-2. The third kappa shape index (κ3) is 1.66. The molecule has 0 saturated heterocycles. The van der Waals surface area contributed by atoms with E-state index in [4.69, 9.17) is 23.2 Å². The van der Waals surface area contributed by atoms with Crippen molar-refractivity contribution in [3.8, 4) is 55.6 Å². The molecule has 122 valence electrons. The van der Waals surface area contributed by atoms with Gasteiger partial charge in [-0.2, -0.15) is 0 Å². The summed E-state index contributed by atoms with van der Waals surface area (Å²) in [6, 6.07) is 25.2. The molecule has 0 bridgehead atoms. The molecule has 0 N–H and O–H groups in total. The molecule has 0 fully saturated rings. The quantitative estimate of drug-likeness (QED) is 0.275. The first kappa shape index (κ1) is 14.6. The van der Waals surface area contributed by atoms with Gasteiger partial charge in [0, 0.05) is 21.2 Å². The van der Waals surface area contributed by atoms with Crippen LogP contribution in [0.25, 0.3) is 55.6 Å². The van der Waals surface area contributed by atoms with Crippen molar-refractivity contribution >= 4 is 23.2 Å². The molecule has 2 aliphatic carbocycles. The molecule has 0 spiro atoms. The van der Waals surface area contributed by atoms with Gasteiger partial charge in [0.2, 0.25) is 0 Å². The van der Waals surface area contributed by atoms with E-state index in [2.05, 4.69) is 60.7 Å². The maximum Gasteiger partial charge on any atom is 0.0491 e. The van der Waals surface area contributed by atoms with Crippen molar-refractivity contribution in [3.05, 3.63) is 82.8 Å². The summed E-state index contributed by atoms with van der Waals surface area (Å²) >= 11 is 13.5. The summed E-state index contributed by atoms with van der Waals surface area (Å²) in [7, 11) is 0. The first-order chi connectivity index (χ1) is 12.8. The van der Waals surface area contributed by atoms with Gasteiger partial charge >= 0.3 is 0 Å². The third-order valence-electron chi connectivity index (χ3n) is 5.53. The van der Waals surface area contributed by atoms with Crippen LogP contribution in [0.5, 0.6) is 0 Å². The monoisotopic (exact) mass is 370 g/mol. The first-order valence-corrected chi connectivity index (χ1v) is 9.36. The number of hydrogen-bond donors (Lipinski definition) is 0. The van der Waals surface area contributed by atoms with Crippen LogP contribution in [-0.2, 0) is 0 Å². The molecule has 0 saturated carbocycles. The largest absolute Gasteiger partial charge is 0.0836 e. The summed E-state index contributed by atoms with van der Waals surface area (Å²) in [5, 5.41) is 1.50. The zero-order valence-corrected chi connectivity index (χ0v) is 15.2. The molecule has 2 heteroatoms. The number of rotatable bonds is 1. The molecule has 0 aromatic heterocycles. The van der Waals surface area contributed by atoms with Gasteiger partial charge in [0.05, 0.1) is 0 Å². The van der Waals surface area contributed by atoms with E-state index in [-0.39, 0.29) is 0 Å². The summed E-state index contributed by atoms with van der Waals surface area (Å²) in [5.41, 5.74) is 12.1. The minimum Gasteiger partial charge on any atom is -0.0836 e. The molecule has 4 aromatic rings. The van der Waals surface area contributed by atoms with Gasteiger partial charge < -0.3 is 0 Å². The molecular formula is C24H12Cl2. The van der Waals surface area contributed by atoms with Crippen LogP contribution in [0, 0.1) is 0 Å². The van der Waals surface area contributed by atoms with E-state index < -0.39 is 0 Å². The Kier molecular flexibility index (Phi) is 2.81. The number of fused-ring (bicyclic) bond motifs is 8. The molecular weight excluding hydrogens is 359 g/mol. The maximum absolute atomic E-state index is 6.73. The number of halogens is 2. The standard InChI is InChI=1S/C24H12Cl2/c25-19-11-9-17-13-5-1-3-7-15(13)21(17)23(19)24-20(26)12-10-18-14-6-2-4-8-16(14)22(18)24/h1-12H. The van der Waals surface area contributed by atoms with Crippen molar-refractivity contribution in [2.75, 3.05) is 0 Å². The van der Waals surface area contributed by atoms with Gasteiger partial charge in [-0.05, 0) is 56.6 Å². The highest BCUT2D eigenvalue weighted by atomic mass is 35.5. The predicted molar refractivity (Wildman–Crippen MR) is 111 cm³/mol. The zero-order valence-electron chi connectivity index (χ0n) is 13.7. The van der Waals surface area contributed by atoms with Crippen molar-refractivity contribution in [3.63, 3.8) is 0 Å². The zero-order chi connectivity index (χ0) is 17.4. The Morgan fingerprint density at radius 3 is 1.15 bits per heavy atom. The van der Waals surface area contributed by atoms with E-state index in [1.807, 2.05) is 12.1 Å². The van der Waals surface area contributed by atoms with Crippen LogP contribution in [0.2, 0.25) is 10.0 Å². The lowest BCUT2D eigenvalue weighted by atomic mass is 9.72. The van der Waals surface area contributed by atoms with E-state index >= 15 is 0 Å². The van der Waals surface area contributed by atoms with E-state index in [0.717, 1.165) is 21.2 Å². The van der Waals surface area contributed by atoms with Crippen molar-refractivity contribution in [1.82, 2.24) is 0 Å². The minimum atomic E-state index is 0.748. The van der Waals surface area contributed by atoms with Gasteiger partial charge in [-0.3, -0.25) is 0 Å². The van der Waals surface area contributed by atoms with Crippen molar-refractivity contribution in [2.45, 2.75) is 0 Å². The molecule has 26 heavy (non-hydrogen) atoms. The normalized spacial score (nSPS) is 12.2. The van der Waals surface area contributed by atoms with E-state index in [1.165, 1.54) is 44.5 Å². The summed E-state index contributed by atoms with van der Waals surface area (Å²) in [6.45, 7) is 0. The smallest absolute Gasteiger partial charge is 0.0491 e. The Hall–Kier alpha value is -2.54. The maximum atomic E-state index is 6.73. The molecule has 4 aromatic carbocycles. The average Bonchev–Trinajstić information content (AvgIpc) is 2.64. The van der Waals surface area contributed by atoms with Gasteiger partial charge in [0.15, 0.2) is 0 Å². The van der Waals surface area contributed by atoms with Crippen molar-refractivity contribution in [1.29, 1.82) is 0 Å². The Labute approximate surface area is 161 Å². The summed E-state index contributed by atoms with van der Waals surface area (Å²) < 4.78 is 0. The molecule has 2 aliphatic rings. The third-order valence-corrected chi connectivity index (χ3v) is 6.16. The molecule has 0 unspecified atom stereocenters. The van der Waals surface area contributed by atoms with Gasteiger partial charge in [0.25, 0.3) is 0 Å². The van der Waals surface area contributed by atoms with Crippen LogP contribution in [0.4, 0.5) is 0 Å². The highest BCUT2D eigenvalue weighted by Crippen LogP contribution is 2.59. The van der Waals surface area contributed by atoms with Crippen LogP contribution in [0.15, 0.2) is 72.8 Å². The fourth-order valence-corrected chi connectivity index (χ4v) is 4.90. The Bertz CT molecular complexity index is 1150. The molecule has 0 radical (unpaired) electrons. The van der Waals surface area contributed by atoms with Gasteiger partial charge in [-0.1, -0.05) is 83.9 Å². The Morgan fingerprint density at radius 1 is 0.346 bits per heavy atom. The Balaban J connectivity index is 1.69. The van der Waals surface area contributed by atoms with Crippen LogP contribution >= 0.6 is 23.2 Å². The lowest BCUT2D eigenvalue weighted by molar-refractivity contribution is 1.48. The molecule has 6 rings (SSSR count). The topological polar surface area (TPSA) is 0 Å². The summed E-state index contributed by atoms with van der Waals surface area (Å²) in [6.07, 6.45) is 0. The van der Waals surface area contributed by atoms with Gasteiger partial charge in [-0.15, -0.1) is 0 Å². The first-order valence-electron chi connectivity index (χ1n) is 8.60. The summed E-state index contributed by atoms with van der Waals surface area (Å²) in [5.74, 6) is 0. The highest BCUT2D eigenvalue weighted by Gasteiger charge is 2.33. The lowest BCUT2D eigenvalue weighted by Crippen LogP contribution is -2.05. The Morgan fingerprint density at radius 2 is 0.731 bits per heavy atom. The molecule has 0 atom stereocenters.